The first-order valence-electron chi connectivity index (χ1n) is 28.3. The van der Waals surface area contributed by atoms with Crippen molar-refractivity contribution < 1.29 is 53.4 Å². The molecular formula is C51H100N22O11. The molecule has 0 radical (unpaired) electrons. The highest BCUT2D eigenvalue weighted by Gasteiger charge is 2.36. The van der Waals surface area contributed by atoms with Gasteiger partial charge in [-0.3, -0.25) is 58.3 Å². The van der Waals surface area contributed by atoms with E-state index in [9.17, 15) is 53.4 Å². The minimum Gasteiger partial charge on any atom is -0.480 e. The summed E-state index contributed by atoms with van der Waals surface area (Å²) in [5.41, 5.74) is 55.8. The number of rotatable bonds is 43. The van der Waals surface area contributed by atoms with Crippen LogP contribution in [0.2, 0.25) is 0 Å². The molecule has 0 saturated heterocycles. The van der Waals surface area contributed by atoms with Gasteiger partial charge in [-0.15, -0.1) is 0 Å². The van der Waals surface area contributed by atoms with Gasteiger partial charge in [-0.05, 0) is 115 Å². The van der Waals surface area contributed by atoms with Crippen molar-refractivity contribution >= 4 is 77.1 Å². The summed E-state index contributed by atoms with van der Waals surface area (Å²) in [6.45, 7) is 12.1. The van der Waals surface area contributed by atoms with E-state index >= 15 is 0 Å². The van der Waals surface area contributed by atoms with E-state index < -0.39 is 114 Å². The molecule has 0 aromatic carbocycles. The van der Waals surface area contributed by atoms with Crippen LogP contribution in [0, 0.1) is 17.8 Å². The largest absolute Gasteiger partial charge is 0.480 e. The summed E-state index contributed by atoms with van der Waals surface area (Å²) < 4.78 is 0. The van der Waals surface area contributed by atoms with Gasteiger partial charge in [-0.2, -0.15) is 0 Å². The molecule has 0 spiro atoms. The van der Waals surface area contributed by atoms with Crippen LogP contribution in [0.15, 0.2) is 20.0 Å². The van der Waals surface area contributed by atoms with E-state index in [4.69, 9.17) is 57.3 Å². The Kier molecular flexibility index (Phi) is 37.4. The van der Waals surface area contributed by atoms with E-state index in [0.717, 1.165) is 0 Å². The number of guanidine groups is 4. The number of nitrogens with two attached hydrogens (primary N) is 10. The molecule has 0 heterocycles. The van der Waals surface area contributed by atoms with Crippen LogP contribution in [0.1, 0.15) is 132 Å². The van der Waals surface area contributed by atoms with Crippen molar-refractivity contribution in [3.05, 3.63) is 0 Å². The predicted molar refractivity (Wildman–Crippen MR) is 319 cm³/mol. The zero-order chi connectivity index (χ0) is 64.2. The van der Waals surface area contributed by atoms with E-state index in [2.05, 4.69) is 62.5 Å². The van der Waals surface area contributed by atoms with Gasteiger partial charge < -0.3 is 110 Å². The van der Waals surface area contributed by atoms with E-state index in [1.54, 1.807) is 41.5 Å². The molecule has 0 rings (SSSR count). The zero-order valence-electron chi connectivity index (χ0n) is 49.9. The fraction of sp³-hybridized carbons (Fsp3) is 0.745. The maximum Gasteiger partial charge on any atom is 0.326 e. The predicted octanol–water partition coefficient (Wildman–Crippen LogP) is -6.25. The van der Waals surface area contributed by atoms with Gasteiger partial charge in [0, 0.05) is 26.2 Å². The molecule has 0 aliphatic heterocycles. The molecule has 0 aromatic rings. The van der Waals surface area contributed by atoms with Crippen LogP contribution < -0.4 is 99.9 Å². The number of hydrogen-bond acceptors (Lipinski definition) is 16. The summed E-state index contributed by atoms with van der Waals surface area (Å²) in [5.74, 6) is -9.78. The molecule has 33 heteroatoms. The Labute approximate surface area is 491 Å². The Bertz CT molecular complexity index is 2210. The van der Waals surface area contributed by atoms with Gasteiger partial charge in [-0.1, -0.05) is 41.5 Å². The molecule has 30 N–H and O–H groups in total. The third-order valence-corrected chi connectivity index (χ3v) is 12.6. The van der Waals surface area contributed by atoms with Gasteiger partial charge in [-0.25, -0.2) is 4.79 Å². The normalized spacial score (nSPS) is 14.7. The number of carboxylic acids is 1. The highest BCUT2D eigenvalue weighted by Crippen LogP contribution is 2.13. The van der Waals surface area contributed by atoms with Crippen LogP contribution in [0.25, 0.3) is 0 Å². The van der Waals surface area contributed by atoms with Gasteiger partial charge in [0.1, 0.15) is 48.3 Å². The highest BCUT2D eigenvalue weighted by atomic mass is 16.4. The van der Waals surface area contributed by atoms with Gasteiger partial charge in [0.2, 0.25) is 47.3 Å². The third kappa shape index (κ3) is 33.3. The summed E-state index contributed by atoms with van der Waals surface area (Å²) in [4.78, 5) is 140. The average Bonchev–Trinajstić information content (AvgIpc) is 3.39. The quantitative estimate of drug-likeness (QED) is 0.0153. The van der Waals surface area contributed by atoms with Crippen LogP contribution in [-0.4, -0.2) is 180 Å². The van der Waals surface area contributed by atoms with E-state index in [1.807, 2.05) is 0 Å². The molecule has 480 valence electrons. The fourth-order valence-corrected chi connectivity index (χ4v) is 8.10. The maximum atomic E-state index is 14.3. The monoisotopic (exact) mass is 1200 g/mol. The smallest absolute Gasteiger partial charge is 0.326 e. The second-order valence-corrected chi connectivity index (χ2v) is 21.6. The second kappa shape index (κ2) is 41.2. The molecule has 33 nitrogen and oxygen atoms in total. The number of aliphatic hydroxyl groups excluding tert-OH is 1. The molecular weight excluding hydrogens is 1100 g/mol. The number of aliphatic carboxylic acids is 1. The van der Waals surface area contributed by atoms with Crippen molar-refractivity contribution in [2.45, 2.75) is 192 Å². The molecule has 84 heavy (non-hydrogen) atoms. The number of unbranched alkanes of at least 4 members (excludes halogenated alkanes) is 1. The standard InChI is InChI=1S/C51H100N22O11/c1-26(2)24-35(44(80)69-31(15-10-20-62-48(54)55)40(76)67-32(16-11-21-63-49(56)57)42(78)72-36(47(83)84)25-27(3)4)71-46(82)38(29(7)74)73-43(79)34(18-13-23-65-51(60)61)68-39(75)30(14-8-9-19-52)66-41(77)33(17-12-22-64-50(58)59)70-45(81)37(53)28(5)6/h26-38,74H,8-25,52-53H2,1-7H3,(H,66,77)(H,67,76)(H,68,75)(H,69,80)(H,70,81)(H,71,82)(H,72,78)(H,73,79)(H,83,84)(H4,54,55,62)(H4,56,57,63)(H4,58,59,64)(H4,60,61,65)/t29-,30+,31+,32+,33+,34+,35+,36+,37+,38+/m1/s1. The van der Waals surface area contributed by atoms with E-state index in [1.165, 1.54) is 6.92 Å². The lowest BCUT2D eigenvalue weighted by atomic mass is 10.0. The molecule has 0 saturated carbocycles. The van der Waals surface area contributed by atoms with Crippen LogP contribution in [0.3, 0.4) is 0 Å². The minimum atomic E-state index is -1.78. The Morgan fingerprint density at radius 2 is 0.655 bits per heavy atom. The number of carboxylic acid groups (broad SMARTS) is 1. The number of nitrogens with zero attached hydrogens (tertiary/aromatic N) is 4. The Morgan fingerprint density at radius 3 is 0.940 bits per heavy atom. The van der Waals surface area contributed by atoms with E-state index in [0.29, 0.717) is 12.8 Å². The third-order valence-electron chi connectivity index (χ3n) is 12.6. The molecule has 0 unspecified atom stereocenters. The molecule has 8 amide bonds. The lowest BCUT2D eigenvalue weighted by Crippen LogP contribution is -2.62. The zero-order valence-corrected chi connectivity index (χ0v) is 49.9. The Hall–Kier alpha value is -7.81. The summed E-state index contributed by atoms with van der Waals surface area (Å²) in [6.07, 6.45) is -0.509. The first-order valence-corrected chi connectivity index (χ1v) is 28.3. The highest BCUT2D eigenvalue weighted by molar-refractivity contribution is 5.98. The number of aliphatic hydroxyl groups is 1. The summed E-state index contributed by atoms with van der Waals surface area (Å²) in [6, 6.07) is -12.2. The van der Waals surface area contributed by atoms with Crippen molar-refractivity contribution in [3.63, 3.8) is 0 Å². The first-order chi connectivity index (χ1) is 39.3. The van der Waals surface area contributed by atoms with Crippen molar-refractivity contribution in [3.8, 4) is 0 Å². The number of hydrogen-bond donors (Lipinski definition) is 20. The van der Waals surface area contributed by atoms with Gasteiger partial charge >= 0.3 is 5.97 Å². The van der Waals surface area contributed by atoms with Crippen LogP contribution in [-0.2, 0) is 43.2 Å². The number of aliphatic imine (C=N–C) groups is 4. The van der Waals surface area contributed by atoms with Gasteiger partial charge in [0.25, 0.3) is 0 Å². The summed E-state index contributed by atoms with van der Waals surface area (Å²) in [7, 11) is 0. The Balaban J connectivity index is 7.11. The second-order valence-electron chi connectivity index (χ2n) is 21.6. The fourth-order valence-electron chi connectivity index (χ4n) is 8.10. The van der Waals surface area contributed by atoms with Gasteiger partial charge in [0.05, 0.1) is 12.1 Å². The SMILES string of the molecule is CC(C)C[C@H](NC(=O)[C@H](CCCN=C(N)N)NC(=O)[C@H](CCCN=C(N)N)NC(=O)[C@H](CC(C)C)NC(=O)[C@@H](NC(=O)[C@H](CCCN=C(N)N)NC(=O)[C@H](CCCCN)NC(=O)[C@H](CCCN=C(N)N)NC(=O)[C@@H](N)C(C)C)[C@@H](C)O)C(=O)O. The Morgan fingerprint density at radius 1 is 0.381 bits per heavy atom. The molecule has 0 aliphatic carbocycles. The number of carbonyl (C=O) groups excluding carboxylic acids is 8. The molecule has 0 bridgehead atoms. The molecule has 0 aromatic heterocycles. The lowest BCUT2D eigenvalue weighted by Gasteiger charge is -2.29. The van der Waals surface area contributed by atoms with Crippen LogP contribution in [0.4, 0.5) is 0 Å². The molecule has 10 atom stereocenters. The average molecular weight is 1200 g/mol. The van der Waals surface area contributed by atoms with Crippen molar-refractivity contribution in [2.24, 2.45) is 95.1 Å². The van der Waals surface area contributed by atoms with Gasteiger partial charge in [0.15, 0.2) is 23.8 Å². The topological polar surface area (TPSA) is 600 Å². The van der Waals surface area contributed by atoms with Crippen molar-refractivity contribution in [2.75, 3.05) is 32.7 Å². The minimum absolute atomic E-state index is 0.00518. The first kappa shape index (κ1) is 76.2. The molecule has 0 fully saturated rings. The number of amides is 8. The lowest BCUT2D eigenvalue weighted by molar-refractivity contribution is -0.143. The van der Waals surface area contributed by atoms with E-state index in [-0.39, 0.29) is 145 Å². The molecule has 0 aliphatic rings. The van der Waals surface area contributed by atoms with Crippen LogP contribution >= 0.6 is 0 Å². The van der Waals surface area contributed by atoms with Crippen LogP contribution in [0.5, 0.6) is 0 Å². The number of carbonyl (C=O) groups is 9. The van der Waals surface area contributed by atoms with Crippen molar-refractivity contribution in [1.82, 2.24) is 42.5 Å². The summed E-state index contributed by atoms with van der Waals surface area (Å²) >= 11 is 0. The number of nitrogens with one attached hydrogen (secondary N) is 8. The summed E-state index contributed by atoms with van der Waals surface area (Å²) in [5, 5.41) is 41.6. The maximum absolute atomic E-state index is 14.3. The van der Waals surface area contributed by atoms with Crippen molar-refractivity contribution in [1.29, 1.82) is 0 Å².